The number of carbonyl (C=O) groups is 4. The first-order valence-electron chi connectivity index (χ1n) is 13.3. The number of imide groups is 2. The van der Waals surface area contributed by atoms with Gasteiger partial charge in [0.1, 0.15) is 34.6 Å². The van der Waals surface area contributed by atoms with Gasteiger partial charge in [-0.3, -0.25) is 19.2 Å². The molecule has 0 aliphatic carbocycles. The summed E-state index contributed by atoms with van der Waals surface area (Å²) in [5.74, 6) is -2.21. The lowest BCUT2D eigenvalue weighted by atomic mass is 10.1. The van der Waals surface area contributed by atoms with Gasteiger partial charge in [0.2, 0.25) is 0 Å². The molecule has 5 aromatic carbocycles. The lowest BCUT2D eigenvalue weighted by Gasteiger charge is -2.16. The van der Waals surface area contributed by atoms with Crippen LogP contribution in [0, 0.1) is 11.6 Å². The van der Waals surface area contributed by atoms with Crippen LogP contribution in [0.3, 0.4) is 0 Å². The summed E-state index contributed by atoms with van der Waals surface area (Å²) >= 11 is 0. The van der Waals surface area contributed by atoms with Crippen LogP contribution in [0.4, 0.5) is 20.2 Å². The Morgan fingerprint density at radius 2 is 0.773 bits per heavy atom. The zero-order valence-corrected chi connectivity index (χ0v) is 22.5. The molecule has 214 valence electrons. The van der Waals surface area contributed by atoms with Crippen molar-refractivity contribution in [1.82, 2.24) is 0 Å². The molecule has 0 saturated carbocycles. The van der Waals surface area contributed by atoms with Crippen molar-refractivity contribution in [3.63, 3.8) is 0 Å². The van der Waals surface area contributed by atoms with E-state index in [2.05, 4.69) is 0 Å². The topological polar surface area (TPSA) is 93.2 Å². The van der Waals surface area contributed by atoms with Gasteiger partial charge in [-0.2, -0.15) is 0 Å². The summed E-state index contributed by atoms with van der Waals surface area (Å²) in [6.45, 7) is 0. The zero-order chi connectivity index (χ0) is 30.5. The highest BCUT2D eigenvalue weighted by Crippen LogP contribution is 2.35. The summed E-state index contributed by atoms with van der Waals surface area (Å²) in [7, 11) is 0. The number of fused-ring (bicyclic) bond motifs is 2. The molecule has 0 radical (unpaired) electrons. The van der Waals surface area contributed by atoms with Crippen LogP contribution in [0.15, 0.2) is 109 Å². The average molecular weight is 589 g/mol. The molecule has 0 saturated heterocycles. The van der Waals surface area contributed by atoms with E-state index in [1.165, 1.54) is 24.3 Å². The molecule has 0 atom stereocenters. The van der Waals surface area contributed by atoms with Gasteiger partial charge in [-0.1, -0.05) is 18.2 Å². The fourth-order valence-electron chi connectivity index (χ4n) is 5.14. The van der Waals surface area contributed by atoms with Crippen LogP contribution in [0.25, 0.3) is 0 Å². The molecule has 0 unspecified atom stereocenters. The summed E-state index contributed by atoms with van der Waals surface area (Å²) in [5, 5.41) is 0. The Kier molecular flexibility index (Phi) is 6.24. The number of amides is 4. The minimum absolute atomic E-state index is 0.00728. The van der Waals surface area contributed by atoms with Crippen molar-refractivity contribution in [1.29, 1.82) is 0 Å². The average Bonchev–Trinajstić information content (AvgIpc) is 3.40. The van der Waals surface area contributed by atoms with Crippen molar-refractivity contribution >= 4 is 35.0 Å². The van der Waals surface area contributed by atoms with Crippen LogP contribution >= 0.6 is 0 Å². The summed E-state index contributed by atoms with van der Waals surface area (Å²) < 4.78 is 39.4. The predicted octanol–water partition coefficient (Wildman–Crippen LogP) is 7.15. The van der Waals surface area contributed by atoms with E-state index in [1.54, 1.807) is 60.7 Å². The molecule has 5 aromatic rings. The van der Waals surface area contributed by atoms with Crippen molar-refractivity contribution in [3.05, 3.63) is 143 Å². The molecule has 0 spiro atoms. The highest BCUT2D eigenvalue weighted by Gasteiger charge is 2.38. The minimum atomic E-state index is -0.632. The maximum Gasteiger partial charge on any atom is 0.266 e. The van der Waals surface area contributed by atoms with Gasteiger partial charge in [-0.05, 0) is 72.8 Å². The van der Waals surface area contributed by atoms with E-state index in [0.717, 1.165) is 34.1 Å². The number of halogens is 2. The molecular weight excluding hydrogens is 570 g/mol. The first-order chi connectivity index (χ1) is 21.3. The number of hydrogen-bond acceptors (Lipinski definition) is 6. The third kappa shape index (κ3) is 4.54. The maximum absolute atomic E-state index is 13.7. The number of rotatable bonds is 6. The van der Waals surface area contributed by atoms with Crippen LogP contribution in [0.5, 0.6) is 23.0 Å². The number of anilines is 2. The Balaban J connectivity index is 1.09. The van der Waals surface area contributed by atoms with Crippen molar-refractivity contribution in [2.75, 3.05) is 9.80 Å². The van der Waals surface area contributed by atoms with E-state index in [4.69, 9.17) is 9.47 Å². The molecule has 0 N–H and O–H groups in total. The first-order valence-corrected chi connectivity index (χ1v) is 13.3. The monoisotopic (exact) mass is 588 g/mol. The van der Waals surface area contributed by atoms with Crippen molar-refractivity contribution in [3.8, 4) is 23.0 Å². The Morgan fingerprint density at radius 3 is 1.20 bits per heavy atom. The highest BCUT2D eigenvalue weighted by atomic mass is 19.1. The van der Waals surface area contributed by atoms with Gasteiger partial charge in [0.05, 0.1) is 33.6 Å². The van der Waals surface area contributed by atoms with Gasteiger partial charge in [0, 0.05) is 18.2 Å². The van der Waals surface area contributed by atoms with E-state index in [1.807, 2.05) is 0 Å². The summed E-state index contributed by atoms with van der Waals surface area (Å²) in [4.78, 5) is 53.5. The second kappa shape index (κ2) is 10.3. The smallest absolute Gasteiger partial charge is 0.266 e. The van der Waals surface area contributed by atoms with Crippen LogP contribution in [-0.4, -0.2) is 23.6 Å². The molecule has 2 aliphatic heterocycles. The molecule has 44 heavy (non-hydrogen) atoms. The third-order valence-electron chi connectivity index (χ3n) is 7.13. The Bertz CT molecular complexity index is 1920. The maximum atomic E-state index is 13.7. The Hall–Kier alpha value is -6.16. The van der Waals surface area contributed by atoms with Crippen molar-refractivity contribution in [2.24, 2.45) is 0 Å². The van der Waals surface area contributed by atoms with Gasteiger partial charge in [0.25, 0.3) is 23.6 Å². The fourth-order valence-corrected chi connectivity index (χ4v) is 5.14. The van der Waals surface area contributed by atoms with Gasteiger partial charge < -0.3 is 9.47 Å². The fraction of sp³-hybridized carbons (Fsp3) is 0. The number of ether oxygens (including phenoxy) is 2. The highest BCUT2D eigenvalue weighted by molar-refractivity contribution is 6.35. The molecule has 10 heteroatoms. The molecule has 4 amide bonds. The van der Waals surface area contributed by atoms with Crippen LogP contribution in [0.2, 0.25) is 0 Å². The lowest BCUT2D eigenvalue weighted by Crippen LogP contribution is -2.29. The first kappa shape index (κ1) is 26.7. The second-order valence-corrected chi connectivity index (χ2v) is 9.94. The molecule has 8 nitrogen and oxygen atoms in total. The molecule has 7 rings (SSSR count). The predicted molar refractivity (Wildman–Crippen MR) is 155 cm³/mol. The largest absolute Gasteiger partial charge is 0.457 e. The number of benzene rings is 5. The van der Waals surface area contributed by atoms with Crippen molar-refractivity contribution in [2.45, 2.75) is 0 Å². The standard InChI is InChI=1S/C34H18F2N2O6/c35-19-10-12-27-29(14-19)33(41)37(31(27)39)21-4-1-6-23(16-21)43-25-8-3-9-26(18-25)44-24-7-2-5-22(17-24)38-32(40)28-13-11-20(36)15-30(28)34(38)42/h1-18H. The number of hydrogen-bond donors (Lipinski definition) is 0. The molecule has 2 aliphatic rings. The van der Waals surface area contributed by atoms with Gasteiger partial charge in [-0.25, -0.2) is 18.6 Å². The van der Waals surface area contributed by atoms with Crippen LogP contribution in [-0.2, 0) is 0 Å². The summed E-state index contributed by atoms with van der Waals surface area (Å²) in [5.41, 5.74) is 0.741. The Labute approximate surface area is 248 Å². The third-order valence-corrected chi connectivity index (χ3v) is 7.13. The Morgan fingerprint density at radius 1 is 0.409 bits per heavy atom. The molecule has 0 bridgehead atoms. The summed E-state index contributed by atoms with van der Waals surface area (Å²) in [6.07, 6.45) is 0. The lowest BCUT2D eigenvalue weighted by molar-refractivity contribution is 0.0910. The molecule has 0 aromatic heterocycles. The molecule has 0 fully saturated rings. The minimum Gasteiger partial charge on any atom is -0.457 e. The van der Waals surface area contributed by atoms with Gasteiger partial charge in [0.15, 0.2) is 0 Å². The van der Waals surface area contributed by atoms with E-state index in [0.29, 0.717) is 23.0 Å². The van der Waals surface area contributed by atoms with Crippen molar-refractivity contribution < 1.29 is 37.4 Å². The zero-order valence-electron chi connectivity index (χ0n) is 22.5. The van der Waals surface area contributed by atoms with Gasteiger partial charge >= 0.3 is 0 Å². The van der Waals surface area contributed by atoms with Crippen LogP contribution in [0.1, 0.15) is 41.4 Å². The van der Waals surface area contributed by atoms with E-state index in [-0.39, 0.29) is 33.6 Å². The number of nitrogens with zero attached hydrogens (tertiary/aromatic N) is 2. The SMILES string of the molecule is O=C1c2ccc(F)cc2C(=O)N1c1cccc(Oc2cccc(Oc3cccc(N4C(=O)c5ccc(F)cc5C4=O)c3)c2)c1. The van der Waals surface area contributed by atoms with E-state index >= 15 is 0 Å². The molecular formula is C34H18F2N2O6. The second-order valence-electron chi connectivity index (χ2n) is 9.94. The number of carbonyl (C=O) groups excluding carboxylic acids is 4. The van der Waals surface area contributed by atoms with Crippen LogP contribution < -0.4 is 19.3 Å². The summed E-state index contributed by atoms with van der Waals surface area (Å²) in [6, 6.07) is 26.3. The van der Waals surface area contributed by atoms with E-state index < -0.39 is 35.3 Å². The quantitative estimate of drug-likeness (QED) is 0.196. The molecule has 2 heterocycles. The normalized spacial score (nSPS) is 13.8. The van der Waals surface area contributed by atoms with E-state index in [9.17, 15) is 28.0 Å². The van der Waals surface area contributed by atoms with Gasteiger partial charge in [-0.15, -0.1) is 0 Å².